The summed E-state index contributed by atoms with van der Waals surface area (Å²) in [6.45, 7) is 2.17. The second kappa shape index (κ2) is 7.02. The molecule has 3 unspecified atom stereocenters. The summed E-state index contributed by atoms with van der Waals surface area (Å²) < 4.78 is 0. The summed E-state index contributed by atoms with van der Waals surface area (Å²) in [5, 5.41) is 19.0. The molecule has 1 saturated carbocycles. The Hall–Kier alpha value is -0.340. The van der Waals surface area contributed by atoms with Gasteiger partial charge in [-0.3, -0.25) is 0 Å². The standard InChI is InChI=1S/C13H24O2/c1-2-3-4-5-12(14)8-6-11-7-9-13(15)10-11/h6,8,11-15H,2-5,7,9-10H2,1H3/b8-6+. The molecule has 0 aromatic rings. The number of aliphatic hydroxyl groups is 2. The Morgan fingerprint density at radius 1 is 1.33 bits per heavy atom. The Balaban J connectivity index is 2.13. The molecule has 0 amide bonds. The van der Waals surface area contributed by atoms with Gasteiger partial charge in [0.2, 0.25) is 0 Å². The number of rotatable bonds is 6. The Labute approximate surface area is 93.0 Å². The number of allylic oxidation sites excluding steroid dienone is 1. The predicted octanol–water partition coefficient (Wildman–Crippen LogP) is 2.64. The summed E-state index contributed by atoms with van der Waals surface area (Å²) in [5.41, 5.74) is 0. The van der Waals surface area contributed by atoms with Crippen LogP contribution in [0.25, 0.3) is 0 Å². The number of unbranched alkanes of at least 4 members (excludes halogenated alkanes) is 2. The second-order valence-corrected chi connectivity index (χ2v) is 4.67. The van der Waals surface area contributed by atoms with Crippen molar-refractivity contribution >= 4 is 0 Å². The number of aliphatic hydroxyl groups excluding tert-OH is 2. The van der Waals surface area contributed by atoms with Crippen molar-refractivity contribution in [1.29, 1.82) is 0 Å². The predicted molar refractivity (Wildman–Crippen MR) is 62.6 cm³/mol. The minimum Gasteiger partial charge on any atom is -0.393 e. The molecular formula is C13H24O2. The van der Waals surface area contributed by atoms with Gasteiger partial charge < -0.3 is 10.2 Å². The van der Waals surface area contributed by atoms with Crippen molar-refractivity contribution in [2.45, 2.75) is 64.1 Å². The smallest absolute Gasteiger partial charge is 0.0721 e. The molecular weight excluding hydrogens is 188 g/mol. The van der Waals surface area contributed by atoms with E-state index in [1.165, 1.54) is 12.8 Å². The molecule has 0 aromatic carbocycles. The maximum atomic E-state index is 9.65. The van der Waals surface area contributed by atoms with Gasteiger partial charge in [-0.05, 0) is 31.6 Å². The van der Waals surface area contributed by atoms with E-state index < -0.39 is 0 Å². The van der Waals surface area contributed by atoms with Gasteiger partial charge in [0, 0.05) is 0 Å². The van der Waals surface area contributed by atoms with E-state index in [1.807, 2.05) is 6.08 Å². The Bertz CT molecular complexity index is 189. The summed E-state index contributed by atoms with van der Waals surface area (Å²) in [6.07, 6.45) is 10.8. The van der Waals surface area contributed by atoms with Crippen molar-refractivity contribution in [3.05, 3.63) is 12.2 Å². The van der Waals surface area contributed by atoms with Gasteiger partial charge in [0.15, 0.2) is 0 Å². The quantitative estimate of drug-likeness (QED) is 0.525. The minimum atomic E-state index is -0.283. The van der Waals surface area contributed by atoms with Crippen LogP contribution in [0, 0.1) is 5.92 Å². The zero-order valence-corrected chi connectivity index (χ0v) is 9.73. The zero-order valence-electron chi connectivity index (χ0n) is 9.73. The summed E-state index contributed by atoms with van der Waals surface area (Å²) in [4.78, 5) is 0. The summed E-state index contributed by atoms with van der Waals surface area (Å²) in [6, 6.07) is 0. The highest BCUT2D eigenvalue weighted by Gasteiger charge is 2.20. The Morgan fingerprint density at radius 3 is 2.73 bits per heavy atom. The molecule has 0 saturated heterocycles. The lowest BCUT2D eigenvalue weighted by Crippen LogP contribution is -2.03. The van der Waals surface area contributed by atoms with Crippen LogP contribution in [0.5, 0.6) is 0 Å². The Morgan fingerprint density at radius 2 is 2.13 bits per heavy atom. The third-order valence-electron chi connectivity index (χ3n) is 3.15. The van der Waals surface area contributed by atoms with Crippen LogP contribution < -0.4 is 0 Å². The summed E-state index contributed by atoms with van der Waals surface area (Å²) in [7, 11) is 0. The topological polar surface area (TPSA) is 40.5 Å². The molecule has 15 heavy (non-hydrogen) atoms. The normalized spacial score (nSPS) is 28.7. The lowest BCUT2D eigenvalue weighted by atomic mass is 10.0. The first-order valence-electron chi connectivity index (χ1n) is 6.26. The van der Waals surface area contributed by atoms with Crippen LogP contribution in [0.2, 0.25) is 0 Å². The van der Waals surface area contributed by atoms with E-state index in [0.29, 0.717) is 5.92 Å². The highest BCUT2D eigenvalue weighted by Crippen LogP contribution is 2.26. The first kappa shape index (κ1) is 12.7. The average molecular weight is 212 g/mol. The van der Waals surface area contributed by atoms with Crippen molar-refractivity contribution in [2.24, 2.45) is 5.92 Å². The first-order valence-corrected chi connectivity index (χ1v) is 6.26. The van der Waals surface area contributed by atoms with E-state index in [1.54, 1.807) is 0 Å². The van der Waals surface area contributed by atoms with E-state index in [4.69, 9.17) is 0 Å². The van der Waals surface area contributed by atoms with Gasteiger partial charge in [-0.2, -0.15) is 0 Å². The average Bonchev–Trinajstić information content (AvgIpc) is 2.62. The van der Waals surface area contributed by atoms with Crippen LogP contribution >= 0.6 is 0 Å². The van der Waals surface area contributed by atoms with Crippen LogP contribution in [0.4, 0.5) is 0 Å². The molecule has 88 valence electrons. The molecule has 2 heteroatoms. The molecule has 1 aliphatic rings. The van der Waals surface area contributed by atoms with Gasteiger partial charge in [0.25, 0.3) is 0 Å². The maximum absolute atomic E-state index is 9.65. The minimum absolute atomic E-state index is 0.114. The van der Waals surface area contributed by atoms with Crippen LogP contribution in [0.15, 0.2) is 12.2 Å². The fourth-order valence-corrected chi connectivity index (χ4v) is 2.15. The molecule has 0 aromatic heterocycles. The Kier molecular flexibility index (Phi) is 5.96. The zero-order chi connectivity index (χ0) is 11.1. The van der Waals surface area contributed by atoms with Crippen LogP contribution in [-0.2, 0) is 0 Å². The van der Waals surface area contributed by atoms with E-state index in [9.17, 15) is 10.2 Å². The van der Waals surface area contributed by atoms with Gasteiger partial charge >= 0.3 is 0 Å². The van der Waals surface area contributed by atoms with Gasteiger partial charge in [-0.15, -0.1) is 0 Å². The lowest BCUT2D eigenvalue weighted by molar-refractivity contribution is 0.179. The highest BCUT2D eigenvalue weighted by molar-refractivity contribution is 4.96. The highest BCUT2D eigenvalue weighted by atomic mass is 16.3. The van der Waals surface area contributed by atoms with Crippen molar-refractivity contribution in [2.75, 3.05) is 0 Å². The fourth-order valence-electron chi connectivity index (χ4n) is 2.15. The molecule has 0 bridgehead atoms. The molecule has 1 fully saturated rings. The third-order valence-corrected chi connectivity index (χ3v) is 3.15. The van der Waals surface area contributed by atoms with Gasteiger partial charge in [0.1, 0.15) is 0 Å². The second-order valence-electron chi connectivity index (χ2n) is 4.67. The fraction of sp³-hybridized carbons (Fsp3) is 0.846. The SMILES string of the molecule is CCCCCC(O)/C=C/C1CCC(O)C1. The monoisotopic (exact) mass is 212 g/mol. The molecule has 1 aliphatic carbocycles. The van der Waals surface area contributed by atoms with E-state index in [0.717, 1.165) is 32.1 Å². The molecule has 2 N–H and O–H groups in total. The first-order chi connectivity index (χ1) is 7.22. The molecule has 3 atom stereocenters. The van der Waals surface area contributed by atoms with Crippen molar-refractivity contribution in [1.82, 2.24) is 0 Å². The third kappa shape index (κ3) is 5.33. The van der Waals surface area contributed by atoms with Crippen LogP contribution in [0.1, 0.15) is 51.9 Å². The summed E-state index contributed by atoms with van der Waals surface area (Å²) >= 11 is 0. The van der Waals surface area contributed by atoms with Crippen LogP contribution in [-0.4, -0.2) is 22.4 Å². The van der Waals surface area contributed by atoms with Crippen LogP contribution in [0.3, 0.4) is 0 Å². The largest absolute Gasteiger partial charge is 0.393 e. The van der Waals surface area contributed by atoms with E-state index in [-0.39, 0.29) is 12.2 Å². The van der Waals surface area contributed by atoms with Gasteiger partial charge in [-0.1, -0.05) is 38.3 Å². The van der Waals surface area contributed by atoms with Crippen molar-refractivity contribution < 1.29 is 10.2 Å². The number of hydrogen-bond acceptors (Lipinski definition) is 2. The van der Waals surface area contributed by atoms with Gasteiger partial charge in [0.05, 0.1) is 12.2 Å². The van der Waals surface area contributed by atoms with E-state index >= 15 is 0 Å². The van der Waals surface area contributed by atoms with Gasteiger partial charge in [-0.25, -0.2) is 0 Å². The molecule has 0 heterocycles. The van der Waals surface area contributed by atoms with Crippen molar-refractivity contribution in [3.8, 4) is 0 Å². The molecule has 2 nitrogen and oxygen atoms in total. The van der Waals surface area contributed by atoms with Crippen molar-refractivity contribution in [3.63, 3.8) is 0 Å². The molecule has 0 spiro atoms. The summed E-state index contributed by atoms with van der Waals surface area (Å²) in [5.74, 6) is 0.487. The molecule has 0 radical (unpaired) electrons. The lowest BCUT2D eigenvalue weighted by Gasteiger charge is -2.06. The molecule has 0 aliphatic heterocycles. The maximum Gasteiger partial charge on any atom is 0.0721 e. The van der Waals surface area contributed by atoms with E-state index in [2.05, 4.69) is 13.0 Å². The molecule has 1 rings (SSSR count). The number of hydrogen-bond donors (Lipinski definition) is 2.